The number of nitrogens with two attached hydrogens (primary N) is 1. The predicted molar refractivity (Wildman–Crippen MR) is 105 cm³/mol. The van der Waals surface area contributed by atoms with Gasteiger partial charge in [-0.2, -0.15) is 5.10 Å². The van der Waals surface area contributed by atoms with E-state index in [1.807, 2.05) is 36.5 Å². The molecule has 0 saturated carbocycles. The van der Waals surface area contributed by atoms with E-state index in [1.165, 1.54) is 11.3 Å². The van der Waals surface area contributed by atoms with Gasteiger partial charge in [-0.15, -0.1) is 11.3 Å². The minimum Gasteiger partial charge on any atom is -0.364 e. The SMILES string of the molecule is NC(=O)c1csc(N2CCC(C(=O)N3N=CC[C@H]3c3ccccc3)CC2)n1. The lowest BCUT2D eigenvalue weighted by atomic mass is 9.94. The maximum absolute atomic E-state index is 13.0. The Morgan fingerprint density at radius 1 is 1.15 bits per heavy atom. The van der Waals surface area contributed by atoms with Crippen LogP contribution in [0.5, 0.6) is 0 Å². The zero-order valence-corrected chi connectivity index (χ0v) is 15.6. The maximum Gasteiger partial charge on any atom is 0.268 e. The number of thiazole rings is 1. The van der Waals surface area contributed by atoms with Crippen LogP contribution >= 0.6 is 11.3 Å². The van der Waals surface area contributed by atoms with Crippen molar-refractivity contribution in [2.45, 2.75) is 25.3 Å². The Bertz CT molecular complexity index is 858. The fourth-order valence-corrected chi connectivity index (χ4v) is 4.47. The van der Waals surface area contributed by atoms with Gasteiger partial charge in [-0.1, -0.05) is 30.3 Å². The lowest BCUT2D eigenvalue weighted by Gasteiger charge is -2.33. The summed E-state index contributed by atoms with van der Waals surface area (Å²) in [7, 11) is 0. The molecule has 2 N–H and O–H groups in total. The van der Waals surface area contributed by atoms with Crippen LogP contribution in [0.15, 0.2) is 40.8 Å². The molecule has 2 aromatic rings. The lowest BCUT2D eigenvalue weighted by molar-refractivity contribution is -0.138. The maximum atomic E-state index is 13.0. The number of hydrogen-bond acceptors (Lipinski definition) is 6. The average molecular weight is 383 g/mol. The van der Waals surface area contributed by atoms with Crippen LogP contribution in [-0.2, 0) is 4.79 Å². The van der Waals surface area contributed by atoms with Gasteiger partial charge in [-0.3, -0.25) is 9.59 Å². The standard InChI is InChI=1S/C19H21N5O2S/c20-17(25)15-12-27-19(22-15)23-10-7-14(8-11-23)18(26)24-16(6-9-21-24)13-4-2-1-3-5-13/h1-5,9,12,14,16H,6-8,10-11H2,(H2,20,25)/t16-/m0/s1. The highest BCUT2D eigenvalue weighted by Crippen LogP contribution is 2.33. The fourth-order valence-electron chi connectivity index (χ4n) is 3.61. The van der Waals surface area contributed by atoms with Crippen LogP contribution in [0.3, 0.4) is 0 Å². The molecule has 2 aliphatic rings. The summed E-state index contributed by atoms with van der Waals surface area (Å²) in [5.74, 6) is -0.464. The summed E-state index contributed by atoms with van der Waals surface area (Å²) in [6, 6.07) is 10.0. The van der Waals surface area contributed by atoms with Crippen LogP contribution in [0, 0.1) is 5.92 Å². The molecule has 4 rings (SSSR count). The number of carbonyl (C=O) groups is 2. The first-order valence-corrected chi connectivity index (χ1v) is 9.92. The molecular formula is C19H21N5O2S. The van der Waals surface area contributed by atoms with Crippen molar-refractivity contribution in [2.24, 2.45) is 16.8 Å². The summed E-state index contributed by atoms with van der Waals surface area (Å²) in [6.07, 6.45) is 4.07. The van der Waals surface area contributed by atoms with Crippen LogP contribution in [0.1, 0.15) is 41.4 Å². The van der Waals surface area contributed by atoms with Gasteiger partial charge in [0.05, 0.1) is 6.04 Å². The molecule has 0 radical (unpaired) electrons. The van der Waals surface area contributed by atoms with Crippen LogP contribution in [0.25, 0.3) is 0 Å². The van der Waals surface area contributed by atoms with Gasteiger partial charge in [-0.25, -0.2) is 9.99 Å². The highest BCUT2D eigenvalue weighted by molar-refractivity contribution is 7.13. The summed E-state index contributed by atoms with van der Waals surface area (Å²) in [4.78, 5) is 30.7. The third kappa shape index (κ3) is 3.57. The Kier molecular flexibility index (Phi) is 4.89. The zero-order chi connectivity index (χ0) is 18.8. The number of anilines is 1. The highest BCUT2D eigenvalue weighted by Gasteiger charge is 2.35. The minimum atomic E-state index is -0.513. The van der Waals surface area contributed by atoms with E-state index in [0.29, 0.717) is 5.69 Å². The molecule has 1 aromatic heterocycles. The van der Waals surface area contributed by atoms with Crippen molar-refractivity contribution < 1.29 is 9.59 Å². The van der Waals surface area contributed by atoms with Crippen molar-refractivity contribution in [3.05, 3.63) is 47.0 Å². The van der Waals surface area contributed by atoms with Gasteiger partial charge in [0, 0.05) is 37.0 Å². The van der Waals surface area contributed by atoms with Crippen LogP contribution in [0.2, 0.25) is 0 Å². The van der Waals surface area contributed by atoms with Gasteiger partial charge >= 0.3 is 0 Å². The Balaban J connectivity index is 1.39. The molecule has 8 heteroatoms. The molecule has 0 spiro atoms. The van der Waals surface area contributed by atoms with E-state index >= 15 is 0 Å². The number of nitrogens with zero attached hydrogens (tertiary/aromatic N) is 4. The second kappa shape index (κ2) is 7.48. The van der Waals surface area contributed by atoms with Crippen molar-refractivity contribution in [3.63, 3.8) is 0 Å². The van der Waals surface area contributed by atoms with Crippen LogP contribution in [0.4, 0.5) is 5.13 Å². The first-order valence-electron chi connectivity index (χ1n) is 9.04. The molecule has 27 heavy (non-hydrogen) atoms. The topological polar surface area (TPSA) is 91.9 Å². The Hall–Kier alpha value is -2.74. The van der Waals surface area contributed by atoms with Gasteiger partial charge in [-0.05, 0) is 18.4 Å². The summed E-state index contributed by atoms with van der Waals surface area (Å²) < 4.78 is 0. The quantitative estimate of drug-likeness (QED) is 0.878. The van der Waals surface area contributed by atoms with E-state index in [4.69, 9.17) is 5.73 Å². The highest BCUT2D eigenvalue weighted by atomic mass is 32.1. The van der Waals surface area contributed by atoms with Crippen molar-refractivity contribution in [2.75, 3.05) is 18.0 Å². The van der Waals surface area contributed by atoms with Gasteiger partial charge in [0.1, 0.15) is 5.69 Å². The normalized spacial score (nSPS) is 20.2. The van der Waals surface area contributed by atoms with E-state index < -0.39 is 5.91 Å². The van der Waals surface area contributed by atoms with Gasteiger partial charge < -0.3 is 10.6 Å². The zero-order valence-electron chi connectivity index (χ0n) is 14.8. The Morgan fingerprint density at radius 2 is 1.89 bits per heavy atom. The monoisotopic (exact) mass is 383 g/mol. The molecule has 0 aliphatic carbocycles. The second-order valence-electron chi connectivity index (χ2n) is 6.78. The summed E-state index contributed by atoms with van der Waals surface area (Å²) in [5.41, 5.74) is 6.68. The van der Waals surface area contributed by atoms with Crippen molar-refractivity contribution in [3.8, 4) is 0 Å². The predicted octanol–water partition coefficient (Wildman–Crippen LogP) is 2.42. The van der Waals surface area contributed by atoms with Gasteiger partial charge in [0.25, 0.3) is 5.91 Å². The first kappa shape index (κ1) is 17.7. The molecule has 1 aromatic carbocycles. The second-order valence-corrected chi connectivity index (χ2v) is 7.62. The molecule has 7 nitrogen and oxygen atoms in total. The number of piperidine rings is 1. The van der Waals surface area contributed by atoms with Gasteiger partial charge in [0.15, 0.2) is 5.13 Å². The number of amides is 2. The molecule has 0 bridgehead atoms. The molecule has 3 heterocycles. The average Bonchev–Trinajstić information content (AvgIpc) is 3.38. The molecule has 0 unspecified atom stereocenters. The third-order valence-corrected chi connectivity index (χ3v) is 6.00. The first-order chi connectivity index (χ1) is 13.1. The number of hydrogen-bond donors (Lipinski definition) is 1. The largest absolute Gasteiger partial charge is 0.364 e. The Morgan fingerprint density at radius 3 is 2.56 bits per heavy atom. The van der Waals surface area contributed by atoms with Crippen LogP contribution < -0.4 is 10.6 Å². The number of benzene rings is 1. The molecule has 140 valence electrons. The van der Waals surface area contributed by atoms with E-state index in [-0.39, 0.29) is 17.9 Å². The van der Waals surface area contributed by atoms with E-state index in [1.54, 1.807) is 10.4 Å². The molecular weight excluding hydrogens is 362 g/mol. The molecule has 2 amide bonds. The number of rotatable bonds is 4. The molecule has 1 saturated heterocycles. The fraction of sp³-hybridized carbons (Fsp3) is 0.368. The summed E-state index contributed by atoms with van der Waals surface area (Å²) in [5, 5.41) is 8.48. The van der Waals surface area contributed by atoms with Crippen LogP contribution in [-0.4, -0.2) is 41.1 Å². The number of aromatic nitrogens is 1. The van der Waals surface area contributed by atoms with E-state index in [2.05, 4.69) is 15.0 Å². The minimum absolute atomic E-state index is 0.00572. The van der Waals surface area contributed by atoms with Gasteiger partial charge in [0.2, 0.25) is 5.91 Å². The van der Waals surface area contributed by atoms with Crippen molar-refractivity contribution >= 4 is 34.5 Å². The summed E-state index contributed by atoms with van der Waals surface area (Å²) in [6.45, 7) is 1.46. The third-order valence-electron chi connectivity index (χ3n) is 5.10. The van der Waals surface area contributed by atoms with E-state index in [9.17, 15) is 9.59 Å². The lowest BCUT2D eigenvalue weighted by Crippen LogP contribution is -2.41. The van der Waals surface area contributed by atoms with Crippen molar-refractivity contribution in [1.82, 2.24) is 9.99 Å². The molecule has 1 fully saturated rings. The van der Waals surface area contributed by atoms with E-state index in [0.717, 1.165) is 43.0 Å². The molecule has 2 aliphatic heterocycles. The number of carbonyl (C=O) groups excluding carboxylic acids is 2. The molecule has 1 atom stereocenters. The van der Waals surface area contributed by atoms with Crippen molar-refractivity contribution in [1.29, 1.82) is 0 Å². The number of hydrazone groups is 1. The smallest absolute Gasteiger partial charge is 0.268 e. The number of primary amides is 1. The Labute approximate surface area is 161 Å². The summed E-state index contributed by atoms with van der Waals surface area (Å²) >= 11 is 1.41.